The Morgan fingerprint density at radius 1 is 1.33 bits per heavy atom. The topological polar surface area (TPSA) is 62.8 Å². The van der Waals surface area contributed by atoms with Crippen molar-refractivity contribution in [3.63, 3.8) is 0 Å². The molecule has 6 heteroatoms. The largest absolute Gasteiger partial charge is 0.301 e. The Morgan fingerprint density at radius 3 is 2.61 bits per heavy atom. The van der Waals surface area contributed by atoms with E-state index < -0.39 is 5.82 Å². The van der Waals surface area contributed by atoms with Crippen molar-refractivity contribution in [3.8, 4) is 0 Å². The van der Waals surface area contributed by atoms with Crippen LogP contribution in [0.2, 0.25) is 0 Å². The van der Waals surface area contributed by atoms with Crippen molar-refractivity contribution < 1.29 is 9.18 Å². The lowest BCUT2D eigenvalue weighted by Gasteiger charge is -2.01. The molecule has 2 rings (SSSR count). The van der Waals surface area contributed by atoms with Crippen LogP contribution in [0.15, 0.2) is 40.3 Å². The monoisotopic (exact) mass is 264 g/mol. The zero-order chi connectivity index (χ0) is 13.1. The first kappa shape index (κ1) is 12.5. The van der Waals surface area contributed by atoms with Gasteiger partial charge in [0.25, 0.3) is 5.56 Å². The van der Waals surface area contributed by atoms with Gasteiger partial charge in [0.2, 0.25) is 5.12 Å². The number of carbonyl (C=O) groups is 1. The molecule has 1 aromatic heterocycles. The van der Waals surface area contributed by atoms with E-state index in [1.807, 2.05) is 0 Å². The average molecular weight is 264 g/mol. The van der Waals surface area contributed by atoms with E-state index in [1.54, 1.807) is 6.92 Å². The summed E-state index contributed by atoms with van der Waals surface area (Å²) in [5.41, 5.74) is 0.579. The maximum absolute atomic E-state index is 12.7. The number of benzene rings is 1. The number of hydrogen-bond acceptors (Lipinski definition) is 4. The lowest BCUT2D eigenvalue weighted by molar-refractivity contribution is 0.108. The molecule has 0 unspecified atom stereocenters. The predicted octanol–water partition coefficient (Wildman–Crippen LogP) is 2.15. The molecular formula is C12H9FN2O2S. The quantitative estimate of drug-likeness (QED) is 0.667. The highest BCUT2D eigenvalue weighted by Gasteiger charge is 2.10. The molecule has 1 aromatic carbocycles. The maximum Gasteiger partial charge on any atom is 0.251 e. The summed E-state index contributed by atoms with van der Waals surface area (Å²) in [6, 6.07) is 6.53. The fourth-order valence-electron chi connectivity index (χ4n) is 1.33. The molecule has 0 aliphatic rings. The number of aryl methyl sites for hydroxylation is 1. The highest BCUT2D eigenvalue weighted by molar-refractivity contribution is 8.14. The molecule has 0 saturated carbocycles. The smallest absolute Gasteiger partial charge is 0.251 e. The number of rotatable bonds is 2. The van der Waals surface area contributed by atoms with Gasteiger partial charge in [-0.2, -0.15) is 0 Å². The molecule has 1 heterocycles. The van der Waals surface area contributed by atoms with Crippen molar-refractivity contribution >= 4 is 16.9 Å². The molecule has 2 aromatic rings. The minimum Gasteiger partial charge on any atom is -0.301 e. The molecule has 4 nitrogen and oxygen atoms in total. The summed E-state index contributed by atoms with van der Waals surface area (Å²) in [5.74, 6) is -0.404. The second-order valence-corrected chi connectivity index (χ2v) is 4.55. The number of H-pyrrole nitrogens is 1. The van der Waals surface area contributed by atoms with Gasteiger partial charge < -0.3 is 4.98 Å². The van der Waals surface area contributed by atoms with Crippen molar-refractivity contribution in [2.24, 2.45) is 0 Å². The molecule has 0 fully saturated rings. The van der Waals surface area contributed by atoms with E-state index in [1.165, 1.54) is 30.3 Å². The summed E-state index contributed by atoms with van der Waals surface area (Å²) in [6.45, 7) is 1.67. The van der Waals surface area contributed by atoms with Gasteiger partial charge in [0.15, 0.2) is 5.16 Å². The van der Waals surface area contributed by atoms with Crippen molar-refractivity contribution in [3.05, 3.63) is 57.8 Å². The summed E-state index contributed by atoms with van der Waals surface area (Å²) >= 11 is 0.803. The molecule has 0 atom stereocenters. The van der Waals surface area contributed by atoms with Gasteiger partial charge in [0.1, 0.15) is 5.82 Å². The van der Waals surface area contributed by atoms with E-state index in [0.29, 0.717) is 11.3 Å². The van der Waals surface area contributed by atoms with Crippen LogP contribution >= 0.6 is 11.8 Å². The zero-order valence-electron chi connectivity index (χ0n) is 9.44. The SMILES string of the molecule is Cc1cc(=O)[nH]c(SC(=O)c2ccc(F)cc2)n1. The van der Waals surface area contributed by atoms with E-state index in [9.17, 15) is 14.0 Å². The van der Waals surface area contributed by atoms with Crippen LogP contribution in [-0.4, -0.2) is 15.1 Å². The lowest BCUT2D eigenvalue weighted by atomic mass is 10.2. The summed E-state index contributed by atoms with van der Waals surface area (Å²) in [4.78, 5) is 29.5. The van der Waals surface area contributed by atoms with Crippen LogP contribution in [0.3, 0.4) is 0 Å². The first-order valence-corrected chi connectivity index (χ1v) is 5.92. The second kappa shape index (κ2) is 5.14. The van der Waals surface area contributed by atoms with Crippen molar-refractivity contribution in [1.29, 1.82) is 0 Å². The molecule has 0 amide bonds. The number of aromatic amines is 1. The molecule has 0 aliphatic heterocycles. The molecule has 0 bridgehead atoms. The number of carbonyl (C=O) groups excluding carboxylic acids is 1. The molecule has 0 aliphatic carbocycles. The van der Waals surface area contributed by atoms with Gasteiger partial charge in [-0.25, -0.2) is 9.37 Å². The fraction of sp³-hybridized carbons (Fsp3) is 0.0833. The lowest BCUT2D eigenvalue weighted by Crippen LogP contribution is -2.09. The second-order valence-electron chi connectivity index (χ2n) is 3.59. The minimum atomic E-state index is -0.404. The Balaban J connectivity index is 2.21. The van der Waals surface area contributed by atoms with Crippen molar-refractivity contribution in [2.75, 3.05) is 0 Å². The summed E-state index contributed by atoms with van der Waals surface area (Å²) in [6.07, 6.45) is 0. The Morgan fingerprint density at radius 2 is 2.00 bits per heavy atom. The number of halogens is 1. The standard InChI is InChI=1S/C12H9FN2O2S/c1-7-6-10(16)15-12(14-7)18-11(17)8-2-4-9(13)5-3-8/h2-6H,1H3,(H,14,15,16). The Labute approximate surface area is 106 Å². The van der Waals surface area contributed by atoms with Crippen LogP contribution in [-0.2, 0) is 0 Å². The van der Waals surface area contributed by atoms with Crippen LogP contribution < -0.4 is 5.56 Å². The highest BCUT2D eigenvalue weighted by Crippen LogP contribution is 2.18. The molecular weight excluding hydrogens is 255 g/mol. The zero-order valence-corrected chi connectivity index (χ0v) is 10.3. The summed E-state index contributed by atoms with van der Waals surface area (Å²) in [5, 5.41) is -0.0712. The fourth-order valence-corrected chi connectivity index (χ4v) is 2.10. The van der Waals surface area contributed by atoms with Gasteiger partial charge in [-0.1, -0.05) is 0 Å². The van der Waals surface area contributed by atoms with Gasteiger partial charge in [0.05, 0.1) is 0 Å². The van der Waals surface area contributed by atoms with E-state index >= 15 is 0 Å². The van der Waals surface area contributed by atoms with Gasteiger partial charge in [-0.05, 0) is 43.0 Å². The van der Waals surface area contributed by atoms with Gasteiger partial charge in [-0.3, -0.25) is 9.59 Å². The number of aromatic nitrogens is 2. The third kappa shape index (κ3) is 3.04. The van der Waals surface area contributed by atoms with Crippen LogP contribution in [0.25, 0.3) is 0 Å². The Bertz CT molecular complexity index is 637. The highest BCUT2D eigenvalue weighted by atomic mass is 32.2. The van der Waals surface area contributed by atoms with E-state index in [4.69, 9.17) is 0 Å². The molecule has 0 saturated heterocycles. The van der Waals surface area contributed by atoms with Crippen molar-refractivity contribution in [2.45, 2.75) is 12.1 Å². The van der Waals surface area contributed by atoms with Gasteiger partial charge >= 0.3 is 0 Å². The van der Waals surface area contributed by atoms with Gasteiger partial charge in [-0.15, -0.1) is 0 Å². The third-order valence-corrected chi connectivity index (χ3v) is 2.93. The average Bonchev–Trinajstić information content (AvgIpc) is 2.28. The molecule has 0 radical (unpaired) electrons. The first-order chi connectivity index (χ1) is 8.54. The third-order valence-electron chi connectivity index (χ3n) is 2.12. The summed E-state index contributed by atoms with van der Waals surface area (Å²) < 4.78 is 12.7. The number of nitrogens with one attached hydrogen (secondary N) is 1. The van der Waals surface area contributed by atoms with E-state index in [2.05, 4.69) is 9.97 Å². The van der Waals surface area contributed by atoms with E-state index in [0.717, 1.165) is 11.8 Å². The Kier molecular flexibility index (Phi) is 3.57. The van der Waals surface area contributed by atoms with Crippen LogP contribution in [0, 0.1) is 12.7 Å². The van der Waals surface area contributed by atoms with Crippen LogP contribution in [0.4, 0.5) is 4.39 Å². The molecule has 92 valence electrons. The Hall–Kier alpha value is -1.95. The van der Waals surface area contributed by atoms with Crippen LogP contribution in [0.5, 0.6) is 0 Å². The van der Waals surface area contributed by atoms with Crippen molar-refractivity contribution in [1.82, 2.24) is 9.97 Å². The maximum atomic E-state index is 12.7. The number of thioether (sulfide) groups is 1. The molecule has 18 heavy (non-hydrogen) atoms. The normalized spacial score (nSPS) is 10.3. The van der Waals surface area contributed by atoms with Gasteiger partial charge in [0, 0.05) is 17.3 Å². The first-order valence-electron chi connectivity index (χ1n) is 5.10. The van der Waals surface area contributed by atoms with Crippen LogP contribution in [0.1, 0.15) is 16.1 Å². The molecule has 1 N–H and O–H groups in total. The minimum absolute atomic E-state index is 0.231. The molecule has 0 spiro atoms. The number of hydrogen-bond donors (Lipinski definition) is 1. The summed E-state index contributed by atoms with van der Waals surface area (Å²) in [7, 11) is 0. The van der Waals surface area contributed by atoms with E-state index in [-0.39, 0.29) is 15.8 Å². The number of nitrogens with zero attached hydrogens (tertiary/aromatic N) is 1. The predicted molar refractivity (Wildman–Crippen MR) is 66.2 cm³/mol.